The highest BCUT2D eigenvalue weighted by atomic mass is 79.9. The molecule has 1 saturated carbocycles. The summed E-state index contributed by atoms with van der Waals surface area (Å²) < 4.78 is 11.9. The summed E-state index contributed by atoms with van der Waals surface area (Å²) in [7, 11) is 0. The van der Waals surface area contributed by atoms with Crippen molar-refractivity contribution in [2.45, 2.75) is 57.1 Å². The minimum atomic E-state index is -0.403. The van der Waals surface area contributed by atoms with Crippen LogP contribution in [0.2, 0.25) is 0 Å². The molecule has 2 nitrogen and oxygen atoms in total. The summed E-state index contributed by atoms with van der Waals surface area (Å²) >= 11 is 3.66. The third kappa shape index (κ3) is 2.95. The normalized spacial score (nSPS) is 20.8. The summed E-state index contributed by atoms with van der Waals surface area (Å²) in [5.74, 6) is 0.145. The number of alkyl halides is 1. The first-order valence-electron chi connectivity index (χ1n) is 6.09. The van der Waals surface area contributed by atoms with Gasteiger partial charge in [0, 0.05) is 19.1 Å². The van der Waals surface area contributed by atoms with Gasteiger partial charge in [-0.1, -0.05) is 28.8 Å². The number of hydrogen-bond donors (Lipinski definition) is 0. The van der Waals surface area contributed by atoms with Crippen molar-refractivity contribution in [3.05, 3.63) is 0 Å². The van der Waals surface area contributed by atoms with Crippen LogP contribution in [0.25, 0.3) is 0 Å². The highest BCUT2D eigenvalue weighted by Gasteiger charge is 2.45. The average molecular weight is 279 g/mol. The topological polar surface area (TPSA) is 18.5 Å². The molecule has 3 heteroatoms. The van der Waals surface area contributed by atoms with Gasteiger partial charge in [0.25, 0.3) is 0 Å². The van der Waals surface area contributed by atoms with Gasteiger partial charge in [-0.05, 0) is 33.6 Å². The van der Waals surface area contributed by atoms with E-state index in [1.165, 1.54) is 25.7 Å². The second-order valence-corrected chi connectivity index (χ2v) is 5.56. The van der Waals surface area contributed by atoms with Gasteiger partial charge < -0.3 is 9.47 Å². The van der Waals surface area contributed by atoms with Crippen molar-refractivity contribution < 1.29 is 9.47 Å². The van der Waals surface area contributed by atoms with Crippen LogP contribution in [0.5, 0.6) is 0 Å². The van der Waals surface area contributed by atoms with Gasteiger partial charge in [-0.3, -0.25) is 0 Å². The molecular weight excluding hydrogens is 256 g/mol. The van der Waals surface area contributed by atoms with Crippen molar-refractivity contribution in [1.82, 2.24) is 0 Å². The predicted octanol–water partition coefficient (Wildman–Crippen LogP) is 3.73. The van der Waals surface area contributed by atoms with Gasteiger partial charge in [0.15, 0.2) is 5.79 Å². The van der Waals surface area contributed by atoms with E-state index in [4.69, 9.17) is 9.47 Å². The first-order chi connectivity index (χ1) is 7.17. The van der Waals surface area contributed by atoms with Gasteiger partial charge in [0.05, 0.1) is 4.83 Å². The van der Waals surface area contributed by atoms with E-state index in [1.807, 2.05) is 13.8 Å². The Morgan fingerprint density at radius 2 is 1.67 bits per heavy atom. The molecule has 1 rings (SSSR count). The Kier molecular flexibility index (Phi) is 5.58. The molecule has 0 amide bonds. The van der Waals surface area contributed by atoms with E-state index in [0.717, 1.165) is 0 Å². The Hall–Kier alpha value is 0.400. The summed E-state index contributed by atoms with van der Waals surface area (Å²) in [6.07, 6.45) is 5.09. The highest BCUT2D eigenvalue weighted by molar-refractivity contribution is 9.09. The molecule has 1 aliphatic rings. The van der Waals surface area contributed by atoms with E-state index in [2.05, 4.69) is 22.9 Å². The summed E-state index contributed by atoms with van der Waals surface area (Å²) in [5, 5.41) is 0. The fourth-order valence-corrected chi connectivity index (χ4v) is 3.25. The fraction of sp³-hybridized carbons (Fsp3) is 1.00. The zero-order chi connectivity index (χ0) is 11.3. The van der Waals surface area contributed by atoms with Gasteiger partial charge in [0.2, 0.25) is 0 Å². The van der Waals surface area contributed by atoms with Gasteiger partial charge in [-0.15, -0.1) is 0 Å². The quantitative estimate of drug-likeness (QED) is 0.545. The van der Waals surface area contributed by atoms with Crippen LogP contribution in [-0.4, -0.2) is 23.8 Å². The lowest BCUT2D eigenvalue weighted by molar-refractivity contribution is -0.259. The van der Waals surface area contributed by atoms with E-state index < -0.39 is 5.79 Å². The summed E-state index contributed by atoms with van der Waals surface area (Å²) in [4.78, 5) is 0.244. The number of halogens is 1. The monoisotopic (exact) mass is 278 g/mol. The van der Waals surface area contributed by atoms with E-state index in [-0.39, 0.29) is 4.83 Å². The van der Waals surface area contributed by atoms with Crippen molar-refractivity contribution in [3.63, 3.8) is 0 Å². The van der Waals surface area contributed by atoms with E-state index in [1.54, 1.807) is 0 Å². The molecule has 1 fully saturated rings. The van der Waals surface area contributed by atoms with Gasteiger partial charge >= 0.3 is 0 Å². The van der Waals surface area contributed by atoms with Crippen LogP contribution in [0.4, 0.5) is 0 Å². The smallest absolute Gasteiger partial charge is 0.183 e. The van der Waals surface area contributed by atoms with Crippen LogP contribution in [-0.2, 0) is 9.47 Å². The van der Waals surface area contributed by atoms with Crippen LogP contribution in [0.1, 0.15) is 46.5 Å². The van der Waals surface area contributed by atoms with Crippen molar-refractivity contribution in [2.75, 3.05) is 13.2 Å². The van der Waals surface area contributed by atoms with E-state index in [9.17, 15) is 0 Å². The molecule has 1 aliphatic carbocycles. The summed E-state index contributed by atoms with van der Waals surface area (Å²) in [6.45, 7) is 7.64. The van der Waals surface area contributed by atoms with Crippen LogP contribution >= 0.6 is 15.9 Å². The maximum Gasteiger partial charge on any atom is 0.183 e. The molecule has 0 aromatic rings. The number of hydrogen-bond acceptors (Lipinski definition) is 2. The average Bonchev–Trinajstić information content (AvgIpc) is 2.70. The molecule has 1 unspecified atom stereocenters. The number of ether oxygens (including phenoxy) is 2. The summed E-state index contributed by atoms with van der Waals surface area (Å²) in [6, 6.07) is 0. The molecular formula is C12H23BrO2. The first-order valence-corrected chi connectivity index (χ1v) is 7.00. The Balaban J connectivity index is 2.78. The molecule has 0 aromatic carbocycles. The second kappa shape index (κ2) is 6.21. The maximum atomic E-state index is 5.95. The highest BCUT2D eigenvalue weighted by Crippen LogP contribution is 2.41. The third-order valence-corrected chi connectivity index (χ3v) is 3.86. The minimum absolute atomic E-state index is 0.244. The SMILES string of the molecule is CCOC(OCC)(C(C)Br)C1CCCC1. The minimum Gasteiger partial charge on any atom is -0.349 e. The third-order valence-electron chi connectivity index (χ3n) is 3.22. The zero-order valence-corrected chi connectivity index (χ0v) is 11.7. The molecule has 0 aromatic heterocycles. The Labute approximate surface area is 102 Å². The van der Waals surface area contributed by atoms with Crippen molar-refractivity contribution in [1.29, 1.82) is 0 Å². The van der Waals surface area contributed by atoms with Gasteiger partial charge in [-0.2, -0.15) is 0 Å². The largest absolute Gasteiger partial charge is 0.349 e. The molecule has 90 valence electrons. The molecule has 0 radical (unpaired) electrons. The van der Waals surface area contributed by atoms with Crippen LogP contribution in [0.15, 0.2) is 0 Å². The molecule has 0 spiro atoms. The van der Waals surface area contributed by atoms with Crippen LogP contribution in [0.3, 0.4) is 0 Å². The molecule has 0 N–H and O–H groups in total. The van der Waals surface area contributed by atoms with E-state index >= 15 is 0 Å². The lowest BCUT2D eigenvalue weighted by atomic mass is 9.94. The molecule has 1 atom stereocenters. The van der Waals surface area contributed by atoms with Crippen molar-refractivity contribution >= 4 is 15.9 Å². The zero-order valence-electron chi connectivity index (χ0n) is 10.1. The Bertz CT molecular complexity index is 170. The van der Waals surface area contributed by atoms with Gasteiger partial charge in [0.1, 0.15) is 0 Å². The molecule has 0 aliphatic heterocycles. The first kappa shape index (κ1) is 13.5. The van der Waals surface area contributed by atoms with Crippen molar-refractivity contribution in [2.24, 2.45) is 5.92 Å². The van der Waals surface area contributed by atoms with Gasteiger partial charge in [-0.25, -0.2) is 0 Å². The van der Waals surface area contributed by atoms with Crippen molar-refractivity contribution in [3.8, 4) is 0 Å². The fourth-order valence-electron chi connectivity index (χ4n) is 2.61. The second-order valence-electron chi connectivity index (χ2n) is 4.18. The maximum absolute atomic E-state index is 5.95. The van der Waals surface area contributed by atoms with Crippen LogP contribution < -0.4 is 0 Å². The van der Waals surface area contributed by atoms with Crippen LogP contribution in [0, 0.1) is 5.92 Å². The summed E-state index contributed by atoms with van der Waals surface area (Å²) in [5.41, 5.74) is 0. The lowest BCUT2D eigenvalue weighted by Gasteiger charge is -2.40. The Morgan fingerprint density at radius 1 is 1.20 bits per heavy atom. The Morgan fingerprint density at radius 3 is 2.00 bits per heavy atom. The molecule has 15 heavy (non-hydrogen) atoms. The number of rotatable bonds is 6. The predicted molar refractivity (Wildman–Crippen MR) is 66.3 cm³/mol. The molecule has 0 bridgehead atoms. The molecule has 0 heterocycles. The standard InChI is InChI=1S/C12H23BrO2/c1-4-14-12(10(3)13,15-5-2)11-8-6-7-9-11/h10-11H,4-9H2,1-3H3. The van der Waals surface area contributed by atoms with E-state index in [0.29, 0.717) is 19.1 Å². The lowest BCUT2D eigenvalue weighted by Crippen LogP contribution is -2.49. The molecule has 0 saturated heterocycles.